The van der Waals surface area contributed by atoms with E-state index in [9.17, 15) is 9.59 Å². The number of nitrogens with zero attached hydrogens (tertiary/aromatic N) is 3. The Morgan fingerprint density at radius 1 is 1.23 bits per heavy atom. The minimum atomic E-state index is -0.376. The number of aryl methyl sites for hydroxylation is 1. The molecule has 0 unspecified atom stereocenters. The average Bonchev–Trinajstić information content (AvgIpc) is 3.10. The molecule has 0 saturated heterocycles. The summed E-state index contributed by atoms with van der Waals surface area (Å²) < 4.78 is 2.48. The fraction of sp³-hybridized carbons (Fsp3) is 0.222. The molecular formula is C18H17IN4O2S. The number of amides is 1. The van der Waals surface area contributed by atoms with Crippen molar-refractivity contribution in [3.05, 3.63) is 61.4 Å². The lowest BCUT2D eigenvalue weighted by Gasteiger charge is -2.06. The van der Waals surface area contributed by atoms with Gasteiger partial charge in [-0.05, 0) is 47.2 Å². The first-order chi connectivity index (χ1) is 12.6. The molecule has 0 fully saturated rings. The molecule has 1 N–H and O–H groups in total. The van der Waals surface area contributed by atoms with E-state index >= 15 is 0 Å². The minimum absolute atomic E-state index is 0.201. The first-order valence-corrected chi connectivity index (χ1v) is 10.1. The quantitative estimate of drug-likeness (QED) is 0.541. The molecule has 6 nitrogen and oxygen atoms in total. The van der Waals surface area contributed by atoms with Gasteiger partial charge in [-0.2, -0.15) is 5.10 Å². The number of halogens is 1. The van der Waals surface area contributed by atoms with Gasteiger partial charge in [-0.1, -0.05) is 25.5 Å². The van der Waals surface area contributed by atoms with Gasteiger partial charge in [-0.25, -0.2) is 9.67 Å². The SMILES string of the molecule is CCCCn1nc(C(=O)Nc2nc(-c3ccc(I)cc3)cs2)ccc1=O. The van der Waals surface area contributed by atoms with Crippen molar-refractivity contribution < 1.29 is 4.79 Å². The molecule has 26 heavy (non-hydrogen) atoms. The van der Waals surface area contributed by atoms with Gasteiger partial charge in [-0.15, -0.1) is 11.3 Å². The number of carbonyl (C=O) groups is 1. The smallest absolute Gasteiger partial charge is 0.277 e. The third kappa shape index (κ3) is 4.55. The van der Waals surface area contributed by atoms with E-state index in [2.05, 4.69) is 38.0 Å². The third-order valence-electron chi connectivity index (χ3n) is 3.69. The molecule has 2 heterocycles. The van der Waals surface area contributed by atoms with E-state index in [0.29, 0.717) is 11.7 Å². The highest BCUT2D eigenvalue weighted by Gasteiger charge is 2.13. The maximum atomic E-state index is 12.4. The topological polar surface area (TPSA) is 76.9 Å². The van der Waals surface area contributed by atoms with Crippen molar-refractivity contribution in [2.24, 2.45) is 0 Å². The second-order valence-electron chi connectivity index (χ2n) is 5.63. The van der Waals surface area contributed by atoms with E-state index in [0.717, 1.165) is 27.7 Å². The van der Waals surface area contributed by atoms with E-state index < -0.39 is 0 Å². The minimum Gasteiger partial charge on any atom is -0.296 e. The highest BCUT2D eigenvalue weighted by molar-refractivity contribution is 14.1. The molecule has 134 valence electrons. The predicted molar refractivity (Wildman–Crippen MR) is 112 cm³/mol. The summed E-state index contributed by atoms with van der Waals surface area (Å²) >= 11 is 3.60. The molecule has 0 aliphatic carbocycles. The highest BCUT2D eigenvalue weighted by atomic mass is 127. The first-order valence-electron chi connectivity index (χ1n) is 8.18. The van der Waals surface area contributed by atoms with Crippen LogP contribution in [0.3, 0.4) is 0 Å². The largest absolute Gasteiger partial charge is 0.296 e. The van der Waals surface area contributed by atoms with Crippen LogP contribution in [-0.2, 0) is 6.54 Å². The van der Waals surface area contributed by atoms with Crippen LogP contribution in [0.25, 0.3) is 11.3 Å². The standard InChI is InChI=1S/C18H17IN4O2S/c1-2-3-10-23-16(24)9-8-14(22-23)17(25)21-18-20-15(11-26-18)12-4-6-13(19)7-5-12/h4-9,11H,2-3,10H2,1H3,(H,20,21,25). The number of anilines is 1. The summed E-state index contributed by atoms with van der Waals surface area (Å²) in [6.45, 7) is 2.54. The first kappa shape index (κ1) is 18.7. The third-order valence-corrected chi connectivity index (χ3v) is 5.16. The molecule has 0 radical (unpaired) electrons. The molecule has 0 aliphatic rings. The molecule has 1 aromatic carbocycles. The maximum Gasteiger partial charge on any atom is 0.277 e. The van der Waals surface area contributed by atoms with Gasteiger partial charge in [-0.3, -0.25) is 14.9 Å². The van der Waals surface area contributed by atoms with E-state index in [1.165, 1.54) is 28.2 Å². The predicted octanol–water partition coefficient (Wildman–Crippen LogP) is 4.02. The van der Waals surface area contributed by atoms with Gasteiger partial charge < -0.3 is 0 Å². The molecule has 2 aromatic heterocycles. The van der Waals surface area contributed by atoms with Crippen LogP contribution < -0.4 is 10.9 Å². The summed E-state index contributed by atoms with van der Waals surface area (Å²) in [6.07, 6.45) is 1.79. The Kier molecular flexibility index (Phi) is 6.15. The summed E-state index contributed by atoms with van der Waals surface area (Å²) in [4.78, 5) is 28.7. The zero-order valence-electron chi connectivity index (χ0n) is 14.1. The second-order valence-corrected chi connectivity index (χ2v) is 7.74. The van der Waals surface area contributed by atoms with Gasteiger partial charge in [0.25, 0.3) is 11.5 Å². The molecular weight excluding hydrogens is 463 g/mol. The Morgan fingerprint density at radius 3 is 2.73 bits per heavy atom. The Hall–Kier alpha value is -2.07. The molecule has 1 amide bonds. The van der Waals surface area contributed by atoms with Crippen molar-refractivity contribution in [2.75, 3.05) is 5.32 Å². The van der Waals surface area contributed by atoms with Gasteiger partial charge in [0.2, 0.25) is 0 Å². The van der Waals surface area contributed by atoms with Crippen LogP contribution in [-0.4, -0.2) is 20.7 Å². The van der Waals surface area contributed by atoms with Crippen LogP contribution in [0.1, 0.15) is 30.3 Å². The van der Waals surface area contributed by atoms with Crippen molar-refractivity contribution in [3.63, 3.8) is 0 Å². The lowest BCUT2D eigenvalue weighted by molar-refractivity contribution is 0.101. The van der Waals surface area contributed by atoms with Gasteiger partial charge in [0.15, 0.2) is 5.13 Å². The van der Waals surface area contributed by atoms with Crippen LogP contribution in [0.15, 0.2) is 46.6 Å². The molecule has 0 saturated carbocycles. The van der Waals surface area contributed by atoms with Crippen LogP contribution in [0, 0.1) is 3.57 Å². The Labute approximate surface area is 168 Å². The molecule has 0 bridgehead atoms. The molecule has 8 heteroatoms. The van der Waals surface area contributed by atoms with Crippen LogP contribution in [0.2, 0.25) is 0 Å². The number of hydrogen-bond acceptors (Lipinski definition) is 5. The lowest BCUT2D eigenvalue weighted by Crippen LogP contribution is -2.26. The number of carbonyl (C=O) groups excluding carboxylic acids is 1. The highest BCUT2D eigenvalue weighted by Crippen LogP contribution is 2.25. The molecule has 0 spiro atoms. The fourth-order valence-corrected chi connectivity index (χ4v) is 3.36. The zero-order valence-corrected chi connectivity index (χ0v) is 17.1. The van der Waals surface area contributed by atoms with E-state index in [1.807, 2.05) is 36.6 Å². The number of hydrogen-bond donors (Lipinski definition) is 1. The van der Waals surface area contributed by atoms with Gasteiger partial charge in [0, 0.05) is 27.1 Å². The normalized spacial score (nSPS) is 10.7. The van der Waals surface area contributed by atoms with Crippen molar-refractivity contribution >= 4 is 45.0 Å². The Morgan fingerprint density at radius 2 is 2.00 bits per heavy atom. The zero-order chi connectivity index (χ0) is 18.5. The van der Waals surface area contributed by atoms with Gasteiger partial charge >= 0.3 is 0 Å². The fourth-order valence-electron chi connectivity index (χ4n) is 2.28. The van der Waals surface area contributed by atoms with Crippen molar-refractivity contribution in [3.8, 4) is 11.3 Å². The summed E-state index contributed by atoms with van der Waals surface area (Å²) in [5.41, 5.74) is 1.80. The number of benzene rings is 1. The summed E-state index contributed by atoms with van der Waals surface area (Å²) in [6, 6.07) is 10.8. The number of thiazole rings is 1. The van der Waals surface area contributed by atoms with E-state index in [4.69, 9.17) is 0 Å². The number of rotatable bonds is 6. The van der Waals surface area contributed by atoms with Crippen LogP contribution >= 0.6 is 33.9 Å². The van der Waals surface area contributed by atoms with Crippen molar-refractivity contribution in [1.82, 2.24) is 14.8 Å². The Balaban J connectivity index is 1.74. The number of aromatic nitrogens is 3. The second kappa shape index (κ2) is 8.54. The van der Waals surface area contributed by atoms with Crippen molar-refractivity contribution in [1.29, 1.82) is 0 Å². The maximum absolute atomic E-state index is 12.4. The van der Waals surface area contributed by atoms with E-state index in [-0.39, 0.29) is 17.2 Å². The summed E-state index contributed by atoms with van der Waals surface area (Å²) in [5, 5.41) is 9.29. The van der Waals surface area contributed by atoms with Crippen LogP contribution in [0.5, 0.6) is 0 Å². The van der Waals surface area contributed by atoms with Crippen LogP contribution in [0.4, 0.5) is 5.13 Å². The molecule has 0 atom stereocenters. The molecule has 3 rings (SSSR count). The van der Waals surface area contributed by atoms with Crippen molar-refractivity contribution in [2.45, 2.75) is 26.3 Å². The molecule has 0 aliphatic heterocycles. The molecule has 3 aromatic rings. The monoisotopic (exact) mass is 480 g/mol. The average molecular weight is 480 g/mol. The number of unbranched alkanes of at least 4 members (excludes halogenated alkanes) is 1. The number of nitrogens with one attached hydrogen (secondary N) is 1. The summed E-state index contributed by atoms with van der Waals surface area (Å²) in [5.74, 6) is -0.376. The van der Waals surface area contributed by atoms with Gasteiger partial charge in [0.05, 0.1) is 5.69 Å². The van der Waals surface area contributed by atoms with Gasteiger partial charge in [0.1, 0.15) is 5.69 Å². The lowest BCUT2D eigenvalue weighted by atomic mass is 10.2. The summed E-state index contributed by atoms with van der Waals surface area (Å²) in [7, 11) is 0. The Bertz CT molecular complexity index is 966. The van der Waals surface area contributed by atoms with E-state index in [1.54, 1.807) is 0 Å².